The Morgan fingerprint density at radius 1 is 1.14 bits per heavy atom. The fourth-order valence-corrected chi connectivity index (χ4v) is 5.48. The molecule has 1 spiro atoms. The lowest BCUT2D eigenvalue weighted by atomic mass is 9.86. The molecule has 0 aliphatic carbocycles. The minimum Gasteiger partial charge on any atom is -0.493 e. The topological polar surface area (TPSA) is 72.9 Å². The van der Waals surface area contributed by atoms with Crippen LogP contribution in [-0.4, -0.2) is 38.4 Å². The van der Waals surface area contributed by atoms with E-state index in [9.17, 15) is 13.2 Å². The molecule has 1 saturated heterocycles. The van der Waals surface area contributed by atoms with E-state index in [0.29, 0.717) is 43.2 Å². The second-order valence-corrected chi connectivity index (χ2v) is 9.99. The third-order valence-electron chi connectivity index (χ3n) is 5.39. The molecule has 2 aromatic rings. The summed E-state index contributed by atoms with van der Waals surface area (Å²) in [5.74, 6) is 0.651. The average Bonchev–Trinajstić information content (AvgIpc) is 2.98. The number of piperidine rings is 1. The zero-order valence-electron chi connectivity index (χ0n) is 16.6. The first kappa shape index (κ1) is 19.9. The van der Waals surface area contributed by atoms with E-state index in [-0.39, 0.29) is 17.4 Å². The van der Waals surface area contributed by atoms with Crippen LogP contribution in [0.2, 0.25) is 0 Å². The molecule has 7 heteroatoms. The number of hydrogen-bond acceptors (Lipinski definition) is 5. The van der Waals surface area contributed by atoms with Crippen molar-refractivity contribution in [2.45, 2.75) is 37.2 Å². The molecule has 2 aromatic carbocycles. The van der Waals surface area contributed by atoms with E-state index < -0.39 is 15.6 Å². The lowest BCUT2D eigenvalue weighted by Crippen LogP contribution is -2.48. The quantitative estimate of drug-likeness (QED) is 0.698. The Bertz CT molecular complexity index is 1020. The molecule has 154 valence electrons. The van der Waals surface area contributed by atoms with E-state index in [1.165, 1.54) is 4.31 Å². The Kier molecular flexibility index (Phi) is 5.12. The smallest absolute Gasteiger partial charge is 0.339 e. The minimum absolute atomic E-state index is 0.129. The molecule has 1 unspecified atom stereocenters. The van der Waals surface area contributed by atoms with Crippen LogP contribution in [0.15, 0.2) is 53.4 Å². The first-order valence-corrected chi connectivity index (χ1v) is 11.3. The van der Waals surface area contributed by atoms with Crippen LogP contribution >= 0.6 is 0 Å². The van der Waals surface area contributed by atoms with Crippen LogP contribution in [0.3, 0.4) is 0 Å². The molecule has 0 saturated carbocycles. The van der Waals surface area contributed by atoms with Gasteiger partial charge in [-0.2, -0.15) is 4.31 Å². The minimum atomic E-state index is -3.71. The largest absolute Gasteiger partial charge is 0.493 e. The van der Waals surface area contributed by atoms with Crippen molar-refractivity contribution in [1.29, 1.82) is 0 Å². The highest BCUT2D eigenvalue weighted by Crippen LogP contribution is 2.43. The lowest BCUT2D eigenvalue weighted by Gasteiger charge is -2.38. The first-order chi connectivity index (χ1) is 13.8. The van der Waals surface area contributed by atoms with Crippen LogP contribution in [0, 0.1) is 5.92 Å². The number of rotatable bonds is 5. The predicted octanol–water partition coefficient (Wildman–Crippen LogP) is 3.57. The summed E-state index contributed by atoms with van der Waals surface area (Å²) < 4.78 is 39.3. The van der Waals surface area contributed by atoms with Crippen molar-refractivity contribution >= 4 is 16.0 Å². The summed E-state index contributed by atoms with van der Waals surface area (Å²) in [6.45, 7) is 5.21. The molecule has 29 heavy (non-hydrogen) atoms. The van der Waals surface area contributed by atoms with Gasteiger partial charge in [-0.05, 0) is 49.1 Å². The highest BCUT2D eigenvalue weighted by atomic mass is 32.2. The second kappa shape index (κ2) is 7.46. The van der Waals surface area contributed by atoms with E-state index in [0.717, 1.165) is 5.56 Å². The van der Waals surface area contributed by atoms with Crippen molar-refractivity contribution in [3.05, 3.63) is 59.7 Å². The standard InChI is InChI=1S/C22H25NO5S/c1-16(2)14-27-17-8-10-18(11-9-17)29(25,26)23-13-5-12-22(15-23)20-7-4-3-6-19(20)21(24)28-22/h3-4,6-11,16H,5,12-15H2,1-2H3. The highest BCUT2D eigenvalue weighted by molar-refractivity contribution is 7.89. The fraction of sp³-hybridized carbons (Fsp3) is 0.409. The summed E-state index contributed by atoms with van der Waals surface area (Å²) in [7, 11) is -3.71. The Balaban J connectivity index is 1.58. The van der Waals surface area contributed by atoms with Crippen LogP contribution < -0.4 is 4.74 Å². The van der Waals surface area contributed by atoms with Gasteiger partial charge < -0.3 is 9.47 Å². The predicted molar refractivity (Wildman–Crippen MR) is 108 cm³/mol. The Morgan fingerprint density at radius 2 is 1.86 bits per heavy atom. The van der Waals surface area contributed by atoms with Crippen LogP contribution in [0.1, 0.15) is 42.6 Å². The van der Waals surface area contributed by atoms with Gasteiger partial charge in [0.15, 0.2) is 5.60 Å². The SMILES string of the molecule is CC(C)COc1ccc(S(=O)(=O)N2CCCC3(C2)OC(=O)c2ccccc23)cc1. The maximum Gasteiger partial charge on any atom is 0.339 e. The van der Waals surface area contributed by atoms with E-state index in [1.54, 1.807) is 36.4 Å². The van der Waals surface area contributed by atoms with Crippen molar-refractivity contribution in [3.8, 4) is 5.75 Å². The summed E-state index contributed by atoms with van der Waals surface area (Å²) in [5, 5.41) is 0. The molecule has 6 nitrogen and oxygen atoms in total. The first-order valence-electron chi connectivity index (χ1n) is 9.88. The molecule has 0 N–H and O–H groups in total. The number of ether oxygens (including phenoxy) is 2. The van der Waals surface area contributed by atoms with Crippen LogP contribution in [-0.2, 0) is 20.4 Å². The molecular weight excluding hydrogens is 390 g/mol. The molecular formula is C22H25NO5S. The molecule has 0 radical (unpaired) electrons. The third-order valence-corrected chi connectivity index (χ3v) is 7.25. The van der Waals surface area contributed by atoms with E-state index in [1.807, 2.05) is 12.1 Å². The molecule has 1 atom stereocenters. The van der Waals surface area contributed by atoms with Crippen LogP contribution in [0.5, 0.6) is 5.75 Å². The number of benzene rings is 2. The van der Waals surface area contributed by atoms with Crippen molar-refractivity contribution in [3.63, 3.8) is 0 Å². The number of carbonyl (C=O) groups excluding carboxylic acids is 1. The third kappa shape index (κ3) is 3.65. The van der Waals surface area contributed by atoms with Crippen LogP contribution in [0.25, 0.3) is 0 Å². The maximum atomic E-state index is 13.2. The summed E-state index contributed by atoms with van der Waals surface area (Å²) in [4.78, 5) is 12.5. The fourth-order valence-electron chi connectivity index (χ4n) is 3.96. The maximum absolute atomic E-state index is 13.2. The summed E-state index contributed by atoms with van der Waals surface area (Å²) in [6, 6.07) is 13.7. The van der Waals surface area contributed by atoms with E-state index >= 15 is 0 Å². The average molecular weight is 416 g/mol. The Morgan fingerprint density at radius 3 is 2.59 bits per heavy atom. The number of sulfonamides is 1. The van der Waals surface area contributed by atoms with Gasteiger partial charge in [-0.15, -0.1) is 0 Å². The van der Waals surface area contributed by atoms with Gasteiger partial charge in [-0.1, -0.05) is 32.0 Å². The van der Waals surface area contributed by atoms with Gasteiger partial charge in [-0.25, -0.2) is 13.2 Å². The van der Waals surface area contributed by atoms with Gasteiger partial charge >= 0.3 is 5.97 Å². The van der Waals surface area contributed by atoms with Crippen molar-refractivity contribution in [1.82, 2.24) is 4.31 Å². The van der Waals surface area contributed by atoms with Gasteiger partial charge in [-0.3, -0.25) is 0 Å². The zero-order chi connectivity index (χ0) is 20.6. The molecule has 0 aromatic heterocycles. The van der Waals surface area contributed by atoms with Gasteiger partial charge in [0.05, 0.1) is 23.6 Å². The number of carbonyl (C=O) groups is 1. The monoisotopic (exact) mass is 415 g/mol. The zero-order valence-corrected chi connectivity index (χ0v) is 17.4. The number of esters is 1. The van der Waals surface area contributed by atoms with Gasteiger partial charge in [0.2, 0.25) is 10.0 Å². The van der Waals surface area contributed by atoms with Crippen molar-refractivity contribution in [2.24, 2.45) is 5.92 Å². The van der Waals surface area contributed by atoms with Crippen molar-refractivity contribution in [2.75, 3.05) is 19.7 Å². The Labute approximate surface area is 171 Å². The molecule has 2 heterocycles. The second-order valence-electron chi connectivity index (χ2n) is 8.05. The number of nitrogens with zero attached hydrogens (tertiary/aromatic N) is 1. The van der Waals surface area contributed by atoms with E-state index in [4.69, 9.17) is 9.47 Å². The molecule has 2 aliphatic rings. The van der Waals surface area contributed by atoms with Crippen molar-refractivity contribution < 1.29 is 22.7 Å². The number of hydrogen-bond donors (Lipinski definition) is 0. The summed E-state index contributed by atoms with van der Waals surface area (Å²) in [6.07, 6.45) is 1.24. The molecule has 1 fully saturated rings. The molecule has 0 amide bonds. The molecule has 4 rings (SSSR count). The summed E-state index contributed by atoms with van der Waals surface area (Å²) in [5.41, 5.74) is 0.403. The highest BCUT2D eigenvalue weighted by Gasteiger charge is 2.50. The molecule has 2 aliphatic heterocycles. The summed E-state index contributed by atoms with van der Waals surface area (Å²) >= 11 is 0. The van der Waals surface area contributed by atoms with Gasteiger partial charge in [0.1, 0.15) is 5.75 Å². The molecule has 0 bridgehead atoms. The normalized spacial score (nSPS) is 22.0. The van der Waals surface area contributed by atoms with Crippen LogP contribution in [0.4, 0.5) is 0 Å². The van der Waals surface area contributed by atoms with Gasteiger partial charge in [0, 0.05) is 12.1 Å². The lowest BCUT2D eigenvalue weighted by molar-refractivity contribution is -0.0345. The number of fused-ring (bicyclic) bond motifs is 2. The Hall–Kier alpha value is -2.38. The van der Waals surface area contributed by atoms with Gasteiger partial charge in [0.25, 0.3) is 0 Å². The van der Waals surface area contributed by atoms with E-state index in [2.05, 4.69) is 13.8 Å².